The normalized spacial score (nSPS) is 19.5. The van der Waals surface area contributed by atoms with E-state index in [9.17, 15) is 13.2 Å². The quantitative estimate of drug-likeness (QED) is 0.456. The van der Waals surface area contributed by atoms with Gasteiger partial charge in [-0.3, -0.25) is 4.79 Å². The number of nitrogens with one attached hydrogen (secondary N) is 1. The first-order valence-electron chi connectivity index (χ1n) is 3.71. The van der Waals surface area contributed by atoms with E-state index < -0.39 is 10.2 Å². The molecule has 5 N–H and O–H groups in total. The monoisotopic (exact) mass is 208 g/mol. The number of nitrogens with zero attached hydrogens (tertiary/aromatic N) is 1. The molecule has 76 valence electrons. The molecule has 0 aromatic rings. The lowest BCUT2D eigenvalue weighted by Crippen LogP contribution is -2.62. The molecule has 0 atom stereocenters. The number of hydrogen-bond donors (Lipinski definition) is 3. The molecule has 1 heterocycles. The van der Waals surface area contributed by atoms with Gasteiger partial charge in [0.25, 0.3) is 10.2 Å². The first-order valence-corrected chi connectivity index (χ1v) is 5.21. The zero-order valence-corrected chi connectivity index (χ0v) is 7.75. The van der Waals surface area contributed by atoms with Crippen molar-refractivity contribution in [2.24, 2.45) is 10.9 Å². The highest BCUT2D eigenvalue weighted by atomic mass is 32.2. The molecule has 0 radical (unpaired) electrons. The molecular formula is C5H12N4O3S. The number of amides is 1. The molecule has 8 heteroatoms. The average Bonchev–Trinajstić information content (AvgIpc) is 1.92. The summed E-state index contributed by atoms with van der Waals surface area (Å²) >= 11 is 0. The summed E-state index contributed by atoms with van der Waals surface area (Å²) in [6.07, 6.45) is 0. The molecule has 0 bridgehead atoms. The Balaban J connectivity index is 2.31. The summed E-state index contributed by atoms with van der Waals surface area (Å²) in [5.41, 5.74) is 5.05. The van der Waals surface area contributed by atoms with Crippen molar-refractivity contribution in [2.75, 3.05) is 19.6 Å². The van der Waals surface area contributed by atoms with Gasteiger partial charge in [0, 0.05) is 13.1 Å². The molecule has 1 aliphatic rings. The van der Waals surface area contributed by atoms with E-state index in [-0.39, 0.29) is 31.6 Å². The molecule has 1 rings (SSSR count). The second-order valence-corrected chi connectivity index (χ2v) is 4.38. The van der Waals surface area contributed by atoms with Gasteiger partial charge >= 0.3 is 0 Å². The van der Waals surface area contributed by atoms with E-state index in [4.69, 9.17) is 10.9 Å². The topological polar surface area (TPSA) is 119 Å². The Morgan fingerprint density at radius 2 is 2.08 bits per heavy atom. The molecule has 0 spiro atoms. The van der Waals surface area contributed by atoms with Crippen LogP contribution in [0, 0.1) is 0 Å². The lowest BCUT2D eigenvalue weighted by molar-refractivity contribution is -0.121. The Kier molecular flexibility index (Phi) is 2.86. The molecule has 7 nitrogen and oxygen atoms in total. The second-order valence-electron chi connectivity index (χ2n) is 2.83. The zero-order chi connectivity index (χ0) is 10.1. The van der Waals surface area contributed by atoms with Crippen molar-refractivity contribution in [3.63, 3.8) is 0 Å². The summed E-state index contributed by atoms with van der Waals surface area (Å²) in [6, 6.07) is -0.158. The van der Waals surface area contributed by atoms with Gasteiger partial charge in [0.15, 0.2) is 0 Å². The molecule has 13 heavy (non-hydrogen) atoms. The van der Waals surface area contributed by atoms with Gasteiger partial charge in [0.1, 0.15) is 0 Å². The first kappa shape index (κ1) is 10.4. The van der Waals surface area contributed by atoms with E-state index in [1.54, 1.807) is 0 Å². The van der Waals surface area contributed by atoms with Gasteiger partial charge in [-0.05, 0) is 0 Å². The average molecular weight is 208 g/mol. The Hall–Kier alpha value is -0.700. The van der Waals surface area contributed by atoms with Crippen LogP contribution in [-0.4, -0.2) is 44.3 Å². The molecule has 1 amide bonds. The highest BCUT2D eigenvalue weighted by Crippen LogP contribution is 2.09. The van der Waals surface area contributed by atoms with Gasteiger partial charge in [0.2, 0.25) is 5.91 Å². The van der Waals surface area contributed by atoms with Crippen LogP contribution in [-0.2, 0) is 15.0 Å². The van der Waals surface area contributed by atoms with Crippen LogP contribution in [0.25, 0.3) is 0 Å². The van der Waals surface area contributed by atoms with Crippen molar-refractivity contribution in [2.45, 2.75) is 6.04 Å². The standard InChI is InChI=1S/C5H12N4O3S/c6-1-5(10)8-4-2-9(3-4)13(7,11)12/h4H,1-3,6H2,(H,8,10)(H2,7,11,12). The molecule has 0 saturated carbocycles. The van der Waals surface area contributed by atoms with Crippen LogP contribution in [0.1, 0.15) is 0 Å². The number of carbonyl (C=O) groups is 1. The number of rotatable bonds is 3. The van der Waals surface area contributed by atoms with Crippen molar-refractivity contribution < 1.29 is 13.2 Å². The molecule has 1 aliphatic heterocycles. The van der Waals surface area contributed by atoms with Crippen LogP contribution in [0.15, 0.2) is 0 Å². The Labute approximate surface area is 76.2 Å². The van der Waals surface area contributed by atoms with Crippen molar-refractivity contribution in [3.8, 4) is 0 Å². The van der Waals surface area contributed by atoms with E-state index in [1.807, 2.05) is 0 Å². The summed E-state index contributed by atoms with van der Waals surface area (Å²) in [6.45, 7) is 0.362. The molecular weight excluding hydrogens is 196 g/mol. The van der Waals surface area contributed by atoms with Gasteiger partial charge in [-0.1, -0.05) is 0 Å². The van der Waals surface area contributed by atoms with Gasteiger partial charge in [-0.25, -0.2) is 5.14 Å². The lowest BCUT2D eigenvalue weighted by atomic mass is 10.2. The van der Waals surface area contributed by atoms with Gasteiger partial charge in [0.05, 0.1) is 12.6 Å². The third kappa shape index (κ3) is 2.62. The van der Waals surface area contributed by atoms with E-state index in [0.717, 1.165) is 4.31 Å². The lowest BCUT2D eigenvalue weighted by Gasteiger charge is -2.36. The third-order valence-corrected chi connectivity index (χ3v) is 2.78. The molecule has 1 saturated heterocycles. The van der Waals surface area contributed by atoms with Crippen LogP contribution in [0.2, 0.25) is 0 Å². The minimum absolute atomic E-state index is 0.0914. The van der Waals surface area contributed by atoms with Crippen molar-refractivity contribution in [1.29, 1.82) is 0 Å². The van der Waals surface area contributed by atoms with E-state index in [0.29, 0.717) is 0 Å². The summed E-state index contributed by atoms with van der Waals surface area (Å²) < 4.78 is 22.4. The predicted octanol–water partition coefficient (Wildman–Crippen LogP) is -3.05. The molecule has 1 fully saturated rings. The molecule has 0 aliphatic carbocycles. The summed E-state index contributed by atoms with van der Waals surface area (Å²) in [5, 5.41) is 7.37. The van der Waals surface area contributed by atoms with Crippen LogP contribution in [0.4, 0.5) is 0 Å². The summed E-state index contributed by atoms with van der Waals surface area (Å²) in [5.74, 6) is -0.293. The zero-order valence-electron chi connectivity index (χ0n) is 6.93. The maximum Gasteiger partial charge on any atom is 0.277 e. The van der Waals surface area contributed by atoms with Crippen molar-refractivity contribution in [3.05, 3.63) is 0 Å². The van der Waals surface area contributed by atoms with Crippen molar-refractivity contribution in [1.82, 2.24) is 9.62 Å². The fourth-order valence-corrected chi connectivity index (χ4v) is 1.80. The molecule has 0 aromatic carbocycles. The Bertz CT molecular complexity index is 295. The molecule has 0 aromatic heterocycles. The number of carbonyl (C=O) groups excluding carboxylic acids is 1. The smallest absolute Gasteiger partial charge is 0.277 e. The summed E-state index contributed by atoms with van der Waals surface area (Å²) in [7, 11) is -3.59. The van der Waals surface area contributed by atoms with Crippen LogP contribution >= 0.6 is 0 Å². The van der Waals surface area contributed by atoms with E-state index in [2.05, 4.69) is 5.32 Å². The van der Waals surface area contributed by atoms with Crippen LogP contribution < -0.4 is 16.2 Å². The Morgan fingerprint density at radius 3 is 2.46 bits per heavy atom. The SMILES string of the molecule is NCC(=O)NC1CN(S(N)(=O)=O)C1. The second kappa shape index (κ2) is 3.58. The maximum atomic E-state index is 10.7. The highest BCUT2D eigenvalue weighted by Gasteiger charge is 2.34. The minimum Gasteiger partial charge on any atom is -0.350 e. The number of nitrogens with two attached hydrogens (primary N) is 2. The Morgan fingerprint density at radius 1 is 1.54 bits per heavy atom. The van der Waals surface area contributed by atoms with Crippen LogP contribution in [0.3, 0.4) is 0 Å². The first-order chi connectivity index (χ1) is 5.93. The predicted molar refractivity (Wildman–Crippen MR) is 45.7 cm³/mol. The highest BCUT2D eigenvalue weighted by molar-refractivity contribution is 7.86. The van der Waals surface area contributed by atoms with Gasteiger partial charge in [-0.2, -0.15) is 12.7 Å². The van der Waals surface area contributed by atoms with Crippen molar-refractivity contribution >= 4 is 16.1 Å². The third-order valence-electron chi connectivity index (χ3n) is 1.76. The minimum atomic E-state index is -3.59. The maximum absolute atomic E-state index is 10.7. The number of hydrogen-bond acceptors (Lipinski definition) is 4. The van der Waals surface area contributed by atoms with E-state index >= 15 is 0 Å². The van der Waals surface area contributed by atoms with Gasteiger partial charge < -0.3 is 11.1 Å². The fourth-order valence-electron chi connectivity index (χ4n) is 1.02. The van der Waals surface area contributed by atoms with E-state index in [1.165, 1.54) is 0 Å². The van der Waals surface area contributed by atoms with Crippen LogP contribution in [0.5, 0.6) is 0 Å². The fraction of sp³-hybridized carbons (Fsp3) is 0.800. The van der Waals surface area contributed by atoms with Gasteiger partial charge in [-0.15, -0.1) is 0 Å². The molecule has 0 unspecified atom stereocenters. The largest absolute Gasteiger partial charge is 0.350 e. The summed E-state index contributed by atoms with van der Waals surface area (Å²) in [4.78, 5) is 10.7.